The van der Waals surface area contributed by atoms with E-state index in [0.29, 0.717) is 0 Å². The number of aliphatic hydroxyl groups is 1. The summed E-state index contributed by atoms with van der Waals surface area (Å²) in [6.45, 7) is 1.71. The maximum Gasteiger partial charge on any atom is 0.339 e. The Bertz CT molecular complexity index is 422. The molecule has 0 bridgehead atoms. The zero-order valence-corrected chi connectivity index (χ0v) is 10.1. The van der Waals surface area contributed by atoms with Gasteiger partial charge in [0, 0.05) is 11.6 Å². The third-order valence-corrected chi connectivity index (χ3v) is 2.46. The van der Waals surface area contributed by atoms with E-state index in [1.54, 1.807) is 6.92 Å². The van der Waals surface area contributed by atoms with Gasteiger partial charge >= 0.3 is 5.97 Å². The fourth-order valence-corrected chi connectivity index (χ4v) is 1.57. The van der Waals surface area contributed by atoms with E-state index in [1.807, 2.05) is 0 Å². The van der Waals surface area contributed by atoms with Crippen LogP contribution in [0.15, 0.2) is 12.1 Å². The Morgan fingerprint density at radius 2 is 2.24 bits per heavy atom. The van der Waals surface area contributed by atoms with Crippen molar-refractivity contribution < 1.29 is 23.8 Å². The van der Waals surface area contributed by atoms with Crippen molar-refractivity contribution in [1.82, 2.24) is 0 Å². The van der Waals surface area contributed by atoms with Gasteiger partial charge in [-0.2, -0.15) is 0 Å². The van der Waals surface area contributed by atoms with E-state index in [-0.39, 0.29) is 22.9 Å². The smallest absolute Gasteiger partial charge is 0.339 e. The number of halogens is 2. The molecular weight excluding hydrogens is 251 g/mol. The highest BCUT2D eigenvalue weighted by molar-refractivity contribution is 6.33. The van der Waals surface area contributed by atoms with Crippen molar-refractivity contribution in [2.45, 2.75) is 13.0 Å². The maximum atomic E-state index is 13.2. The Balaban J connectivity index is 3.12. The second kappa shape index (κ2) is 5.84. The lowest BCUT2D eigenvalue weighted by atomic mass is 10.1. The number of hydrogen-bond donors (Lipinski definition) is 1. The van der Waals surface area contributed by atoms with Gasteiger partial charge in [-0.3, -0.25) is 0 Å². The van der Waals surface area contributed by atoms with Gasteiger partial charge < -0.3 is 14.6 Å². The highest BCUT2D eigenvalue weighted by Crippen LogP contribution is 2.33. The van der Waals surface area contributed by atoms with Gasteiger partial charge in [0.25, 0.3) is 0 Å². The number of methoxy groups -OCH3 is 1. The molecule has 6 heteroatoms. The number of carbonyl (C=O) groups excluding carboxylic acids is 1. The molecule has 1 N–H and O–H groups in total. The molecule has 0 spiro atoms. The monoisotopic (exact) mass is 262 g/mol. The highest BCUT2D eigenvalue weighted by Gasteiger charge is 2.24. The van der Waals surface area contributed by atoms with Crippen LogP contribution < -0.4 is 4.74 Å². The third-order valence-electron chi connectivity index (χ3n) is 2.06. The minimum atomic E-state index is -1.63. The molecule has 1 aromatic carbocycles. The molecule has 1 aromatic rings. The predicted octanol–water partition coefficient (Wildman–Crippen LogP) is 2.08. The zero-order chi connectivity index (χ0) is 13.0. The van der Waals surface area contributed by atoms with Gasteiger partial charge in [0.2, 0.25) is 0 Å². The van der Waals surface area contributed by atoms with Crippen molar-refractivity contribution in [3.8, 4) is 5.75 Å². The number of rotatable bonds is 4. The molecular formula is C11H12ClFO4. The van der Waals surface area contributed by atoms with Crippen LogP contribution in [0, 0.1) is 5.82 Å². The number of hydrogen-bond acceptors (Lipinski definition) is 4. The van der Waals surface area contributed by atoms with Crippen molar-refractivity contribution in [3.63, 3.8) is 0 Å². The Labute approximate surface area is 103 Å². The summed E-state index contributed by atoms with van der Waals surface area (Å²) in [5.74, 6) is -1.50. The Morgan fingerprint density at radius 1 is 1.59 bits per heavy atom. The van der Waals surface area contributed by atoms with E-state index >= 15 is 0 Å². The number of esters is 1. The summed E-state index contributed by atoms with van der Waals surface area (Å²) in [5, 5.41) is 9.65. The fraction of sp³-hybridized carbons (Fsp3) is 0.364. The number of ether oxygens (including phenoxy) is 2. The van der Waals surface area contributed by atoms with Gasteiger partial charge in [-0.1, -0.05) is 11.6 Å². The molecule has 0 heterocycles. The van der Waals surface area contributed by atoms with Crippen LogP contribution in [-0.2, 0) is 9.53 Å². The molecule has 1 atom stereocenters. The van der Waals surface area contributed by atoms with E-state index in [4.69, 9.17) is 16.3 Å². The minimum absolute atomic E-state index is 0.0190. The zero-order valence-electron chi connectivity index (χ0n) is 9.37. The van der Waals surface area contributed by atoms with Crippen LogP contribution in [0.1, 0.15) is 18.6 Å². The summed E-state index contributed by atoms with van der Waals surface area (Å²) >= 11 is 5.86. The van der Waals surface area contributed by atoms with Crippen LogP contribution in [0.5, 0.6) is 5.75 Å². The summed E-state index contributed by atoms with van der Waals surface area (Å²) in [4.78, 5) is 11.3. The van der Waals surface area contributed by atoms with Gasteiger partial charge in [-0.05, 0) is 13.0 Å². The molecule has 0 amide bonds. The molecule has 0 aliphatic rings. The first-order valence-corrected chi connectivity index (χ1v) is 5.26. The minimum Gasteiger partial charge on any atom is -0.495 e. The van der Waals surface area contributed by atoms with Crippen molar-refractivity contribution >= 4 is 17.6 Å². The number of carbonyl (C=O) groups is 1. The number of benzene rings is 1. The van der Waals surface area contributed by atoms with Crippen molar-refractivity contribution in [2.24, 2.45) is 0 Å². The Kier molecular flexibility index (Phi) is 4.72. The van der Waals surface area contributed by atoms with Gasteiger partial charge in [0.15, 0.2) is 6.10 Å². The SMILES string of the molecule is CCOC(=O)C(O)c1cc(F)cc(OC)c1Cl. The lowest BCUT2D eigenvalue weighted by Crippen LogP contribution is -2.16. The molecule has 17 heavy (non-hydrogen) atoms. The molecule has 0 aliphatic heterocycles. The first-order valence-electron chi connectivity index (χ1n) is 4.88. The normalized spacial score (nSPS) is 12.1. The molecule has 94 valence electrons. The third kappa shape index (κ3) is 3.08. The maximum absolute atomic E-state index is 13.2. The molecule has 0 fully saturated rings. The highest BCUT2D eigenvalue weighted by atomic mass is 35.5. The van der Waals surface area contributed by atoms with Gasteiger partial charge in [0.05, 0.1) is 18.7 Å². The van der Waals surface area contributed by atoms with E-state index < -0.39 is 17.9 Å². The average Bonchev–Trinajstić information content (AvgIpc) is 2.31. The molecule has 0 aromatic heterocycles. The van der Waals surface area contributed by atoms with Crippen molar-refractivity contribution in [3.05, 3.63) is 28.5 Å². The van der Waals surface area contributed by atoms with Crippen LogP contribution in [0.25, 0.3) is 0 Å². The van der Waals surface area contributed by atoms with E-state index in [9.17, 15) is 14.3 Å². The molecule has 0 saturated heterocycles. The van der Waals surface area contributed by atoms with Gasteiger partial charge in [-0.15, -0.1) is 0 Å². The summed E-state index contributed by atoms with van der Waals surface area (Å²) < 4.78 is 22.6. The summed E-state index contributed by atoms with van der Waals surface area (Å²) in [6.07, 6.45) is -1.63. The second-order valence-corrected chi connectivity index (χ2v) is 3.54. The first-order chi connectivity index (χ1) is 8.01. The largest absolute Gasteiger partial charge is 0.495 e. The van der Waals surface area contributed by atoms with Crippen LogP contribution >= 0.6 is 11.6 Å². The van der Waals surface area contributed by atoms with Crippen LogP contribution in [-0.4, -0.2) is 24.8 Å². The molecule has 4 nitrogen and oxygen atoms in total. The molecule has 1 unspecified atom stereocenters. The summed E-state index contributed by atoms with van der Waals surface area (Å²) in [6, 6.07) is 2.02. The van der Waals surface area contributed by atoms with E-state index in [1.165, 1.54) is 7.11 Å². The fourth-order valence-electron chi connectivity index (χ4n) is 1.28. The predicted molar refractivity (Wildman–Crippen MR) is 59.6 cm³/mol. The van der Waals surface area contributed by atoms with Crippen LogP contribution in [0.2, 0.25) is 5.02 Å². The molecule has 0 radical (unpaired) electrons. The number of aliphatic hydroxyl groups excluding tert-OH is 1. The Morgan fingerprint density at radius 3 is 2.76 bits per heavy atom. The topological polar surface area (TPSA) is 55.8 Å². The average molecular weight is 263 g/mol. The van der Waals surface area contributed by atoms with Gasteiger partial charge in [-0.25, -0.2) is 9.18 Å². The van der Waals surface area contributed by atoms with E-state index in [0.717, 1.165) is 12.1 Å². The van der Waals surface area contributed by atoms with Crippen molar-refractivity contribution in [2.75, 3.05) is 13.7 Å². The second-order valence-electron chi connectivity index (χ2n) is 3.17. The van der Waals surface area contributed by atoms with Crippen LogP contribution in [0.4, 0.5) is 4.39 Å². The lowest BCUT2D eigenvalue weighted by molar-refractivity contribution is -0.153. The molecule has 0 aliphatic carbocycles. The summed E-state index contributed by atoms with van der Waals surface area (Å²) in [7, 11) is 1.31. The lowest BCUT2D eigenvalue weighted by Gasteiger charge is -2.13. The van der Waals surface area contributed by atoms with Crippen molar-refractivity contribution in [1.29, 1.82) is 0 Å². The molecule has 1 rings (SSSR count). The van der Waals surface area contributed by atoms with Crippen LogP contribution in [0.3, 0.4) is 0 Å². The summed E-state index contributed by atoms with van der Waals surface area (Å²) in [5.41, 5.74) is -0.0815. The van der Waals surface area contributed by atoms with Gasteiger partial charge in [0.1, 0.15) is 11.6 Å². The molecule has 0 saturated carbocycles. The quantitative estimate of drug-likeness (QED) is 0.844. The van der Waals surface area contributed by atoms with E-state index in [2.05, 4.69) is 4.74 Å². The Hall–Kier alpha value is -1.33. The first kappa shape index (κ1) is 13.7. The standard InChI is InChI=1S/C11H12ClFO4/c1-3-17-11(15)10(14)7-4-6(13)5-8(16-2)9(7)12/h4-5,10,14H,3H2,1-2H3.